The van der Waals surface area contributed by atoms with Crippen LogP contribution in [0.5, 0.6) is 5.75 Å². The Kier molecular flexibility index (Phi) is 10.2. The van der Waals surface area contributed by atoms with E-state index in [1.807, 2.05) is 43.3 Å². The molecule has 0 fully saturated rings. The summed E-state index contributed by atoms with van der Waals surface area (Å²) in [6.45, 7) is 5.26. The molecule has 2 rings (SSSR count). The summed E-state index contributed by atoms with van der Waals surface area (Å²) in [7, 11) is 0. The number of nitrogens with one attached hydrogen (secondary N) is 2. The first-order valence-electron chi connectivity index (χ1n) is 8.68. The van der Waals surface area contributed by atoms with E-state index < -0.39 is 5.91 Å². The van der Waals surface area contributed by atoms with Crippen molar-refractivity contribution in [1.29, 1.82) is 0 Å². The molecule has 4 N–H and O–H groups in total. The fraction of sp³-hybridized carbons (Fsp3) is 0.300. The lowest BCUT2D eigenvalue weighted by Crippen LogP contribution is -2.38. The Morgan fingerprint density at radius 2 is 1.93 bits per heavy atom. The molecule has 0 aliphatic carbocycles. The summed E-state index contributed by atoms with van der Waals surface area (Å²) in [4.78, 5) is 15.5. The SMILES string of the molecule is CCNC(=NCc1cccc(OCC(N)=O)c1)NC(C)c1ccccc1.I. The lowest BCUT2D eigenvalue weighted by atomic mass is 10.1. The van der Waals surface area contributed by atoms with Crippen molar-refractivity contribution in [2.75, 3.05) is 13.2 Å². The number of guanidine groups is 1. The summed E-state index contributed by atoms with van der Waals surface area (Å²) in [6.07, 6.45) is 0. The monoisotopic (exact) mass is 482 g/mol. The van der Waals surface area contributed by atoms with Crippen molar-refractivity contribution in [2.45, 2.75) is 26.4 Å². The number of aliphatic imine (C=N–C) groups is 1. The van der Waals surface area contributed by atoms with Gasteiger partial charge in [-0.3, -0.25) is 4.79 Å². The first kappa shape index (κ1) is 22.8. The highest BCUT2D eigenvalue weighted by Gasteiger charge is 2.07. The Bertz CT molecular complexity index is 738. The highest BCUT2D eigenvalue weighted by molar-refractivity contribution is 14.0. The maximum Gasteiger partial charge on any atom is 0.255 e. The van der Waals surface area contributed by atoms with Crippen LogP contribution >= 0.6 is 24.0 Å². The van der Waals surface area contributed by atoms with Gasteiger partial charge in [-0.1, -0.05) is 42.5 Å². The number of nitrogens with zero attached hydrogens (tertiary/aromatic N) is 1. The minimum atomic E-state index is -0.498. The van der Waals surface area contributed by atoms with Gasteiger partial charge in [0.1, 0.15) is 5.75 Å². The molecule has 0 saturated carbocycles. The van der Waals surface area contributed by atoms with Crippen molar-refractivity contribution < 1.29 is 9.53 Å². The van der Waals surface area contributed by atoms with E-state index in [2.05, 4.69) is 34.7 Å². The Morgan fingerprint density at radius 1 is 1.19 bits per heavy atom. The molecule has 0 aliphatic rings. The number of rotatable bonds is 8. The van der Waals surface area contributed by atoms with Gasteiger partial charge in [0, 0.05) is 6.54 Å². The van der Waals surface area contributed by atoms with E-state index in [0.717, 1.165) is 18.1 Å². The molecule has 0 radical (unpaired) electrons. The van der Waals surface area contributed by atoms with Crippen molar-refractivity contribution in [1.82, 2.24) is 10.6 Å². The van der Waals surface area contributed by atoms with Gasteiger partial charge < -0.3 is 21.1 Å². The van der Waals surface area contributed by atoms with Crippen molar-refractivity contribution in [3.63, 3.8) is 0 Å². The van der Waals surface area contributed by atoms with Crippen LogP contribution in [0.2, 0.25) is 0 Å². The third-order valence-corrected chi connectivity index (χ3v) is 3.70. The van der Waals surface area contributed by atoms with E-state index in [-0.39, 0.29) is 36.6 Å². The zero-order chi connectivity index (χ0) is 18.8. The van der Waals surface area contributed by atoms with E-state index in [0.29, 0.717) is 12.3 Å². The van der Waals surface area contributed by atoms with E-state index in [4.69, 9.17) is 10.5 Å². The molecule has 0 aliphatic heterocycles. The zero-order valence-electron chi connectivity index (χ0n) is 15.6. The fourth-order valence-corrected chi connectivity index (χ4v) is 2.41. The van der Waals surface area contributed by atoms with Crippen LogP contribution in [0.3, 0.4) is 0 Å². The van der Waals surface area contributed by atoms with Gasteiger partial charge in [-0.15, -0.1) is 24.0 Å². The Balaban J connectivity index is 0.00000364. The van der Waals surface area contributed by atoms with Crippen LogP contribution in [0.25, 0.3) is 0 Å². The van der Waals surface area contributed by atoms with E-state index in [1.165, 1.54) is 5.56 Å². The molecule has 1 atom stereocenters. The van der Waals surface area contributed by atoms with Gasteiger partial charge in [0.05, 0.1) is 12.6 Å². The number of carbonyl (C=O) groups excluding carboxylic acids is 1. The number of benzene rings is 2. The normalized spacial score (nSPS) is 11.9. The molecule has 2 aromatic rings. The zero-order valence-corrected chi connectivity index (χ0v) is 18.0. The molecule has 0 heterocycles. The van der Waals surface area contributed by atoms with Gasteiger partial charge in [-0.05, 0) is 37.1 Å². The molecule has 1 amide bonds. The summed E-state index contributed by atoms with van der Waals surface area (Å²) >= 11 is 0. The first-order chi connectivity index (χ1) is 12.6. The minimum Gasteiger partial charge on any atom is -0.484 e. The van der Waals surface area contributed by atoms with E-state index in [1.54, 1.807) is 6.07 Å². The van der Waals surface area contributed by atoms with Gasteiger partial charge in [0.2, 0.25) is 0 Å². The number of halogens is 1. The predicted octanol–water partition coefficient (Wildman–Crippen LogP) is 2.99. The molecule has 7 heteroatoms. The number of carbonyl (C=O) groups is 1. The highest BCUT2D eigenvalue weighted by Crippen LogP contribution is 2.14. The molecule has 0 aromatic heterocycles. The summed E-state index contributed by atoms with van der Waals surface area (Å²) in [5, 5.41) is 6.66. The van der Waals surface area contributed by atoms with E-state index >= 15 is 0 Å². The fourth-order valence-electron chi connectivity index (χ4n) is 2.41. The molecule has 1 unspecified atom stereocenters. The Labute approximate surface area is 177 Å². The molecule has 0 bridgehead atoms. The molecule has 0 saturated heterocycles. The average molecular weight is 482 g/mol. The minimum absolute atomic E-state index is 0. The van der Waals surface area contributed by atoms with Gasteiger partial charge in [-0.2, -0.15) is 0 Å². The van der Waals surface area contributed by atoms with Crippen molar-refractivity contribution in [3.05, 3.63) is 65.7 Å². The summed E-state index contributed by atoms with van der Waals surface area (Å²) in [6, 6.07) is 17.8. The topological polar surface area (TPSA) is 88.7 Å². The summed E-state index contributed by atoms with van der Waals surface area (Å²) < 4.78 is 5.33. The number of ether oxygens (including phenoxy) is 1. The Hall–Kier alpha value is -2.29. The number of primary amides is 1. The lowest BCUT2D eigenvalue weighted by Gasteiger charge is -2.18. The summed E-state index contributed by atoms with van der Waals surface area (Å²) in [5.41, 5.74) is 7.28. The Morgan fingerprint density at radius 3 is 2.59 bits per heavy atom. The van der Waals surface area contributed by atoms with Crippen LogP contribution in [0.15, 0.2) is 59.6 Å². The third-order valence-electron chi connectivity index (χ3n) is 3.70. The third kappa shape index (κ3) is 8.29. The van der Waals surface area contributed by atoms with Gasteiger partial charge in [0.25, 0.3) is 5.91 Å². The number of nitrogens with two attached hydrogens (primary N) is 1. The van der Waals surface area contributed by atoms with Crippen LogP contribution in [-0.4, -0.2) is 25.0 Å². The van der Waals surface area contributed by atoms with Crippen LogP contribution in [0.4, 0.5) is 0 Å². The molecule has 6 nitrogen and oxygen atoms in total. The largest absolute Gasteiger partial charge is 0.484 e. The molecule has 2 aromatic carbocycles. The smallest absolute Gasteiger partial charge is 0.255 e. The van der Waals surface area contributed by atoms with Crippen molar-refractivity contribution in [3.8, 4) is 5.75 Å². The van der Waals surface area contributed by atoms with Gasteiger partial charge >= 0.3 is 0 Å². The standard InChI is InChI=1S/C20H26N4O2.HI/c1-3-22-20(24-15(2)17-9-5-4-6-10-17)23-13-16-8-7-11-18(12-16)26-14-19(21)25;/h4-12,15H,3,13-14H2,1-2H3,(H2,21,25)(H2,22,23,24);1H. The maximum absolute atomic E-state index is 10.8. The maximum atomic E-state index is 10.8. The van der Waals surface area contributed by atoms with Crippen LogP contribution in [-0.2, 0) is 11.3 Å². The van der Waals surface area contributed by atoms with Gasteiger partial charge in [-0.25, -0.2) is 4.99 Å². The molecular formula is C20H27IN4O2. The van der Waals surface area contributed by atoms with Crippen LogP contribution < -0.4 is 21.1 Å². The molecular weight excluding hydrogens is 455 g/mol. The highest BCUT2D eigenvalue weighted by atomic mass is 127. The number of hydrogen-bond acceptors (Lipinski definition) is 3. The average Bonchev–Trinajstić information content (AvgIpc) is 2.65. The summed E-state index contributed by atoms with van der Waals surface area (Å²) in [5.74, 6) is 0.848. The number of amides is 1. The molecule has 146 valence electrons. The second-order valence-corrected chi connectivity index (χ2v) is 5.87. The second-order valence-electron chi connectivity index (χ2n) is 5.87. The lowest BCUT2D eigenvalue weighted by molar-refractivity contribution is -0.119. The van der Waals surface area contributed by atoms with Gasteiger partial charge in [0.15, 0.2) is 12.6 Å². The molecule has 0 spiro atoms. The second kappa shape index (κ2) is 12.2. The first-order valence-corrected chi connectivity index (χ1v) is 8.68. The van der Waals surface area contributed by atoms with E-state index in [9.17, 15) is 4.79 Å². The quantitative estimate of drug-likeness (QED) is 0.307. The predicted molar refractivity (Wildman–Crippen MR) is 119 cm³/mol. The van der Waals surface area contributed by atoms with Crippen LogP contribution in [0, 0.1) is 0 Å². The number of hydrogen-bond donors (Lipinski definition) is 3. The van der Waals surface area contributed by atoms with Crippen molar-refractivity contribution in [2.24, 2.45) is 10.7 Å². The van der Waals surface area contributed by atoms with Crippen molar-refractivity contribution >= 4 is 35.8 Å². The molecule has 27 heavy (non-hydrogen) atoms. The van der Waals surface area contributed by atoms with Crippen LogP contribution in [0.1, 0.15) is 31.0 Å².